The fourth-order valence-corrected chi connectivity index (χ4v) is 3.51. The van der Waals surface area contributed by atoms with Gasteiger partial charge in [0.25, 0.3) is 10.0 Å². The molecule has 4 aromatic rings. The maximum atomic E-state index is 12.0. The molecule has 0 bridgehead atoms. The summed E-state index contributed by atoms with van der Waals surface area (Å²) in [6, 6.07) is 20.8. The predicted octanol–water partition coefficient (Wildman–Crippen LogP) is 2.83. The zero-order valence-corrected chi connectivity index (χ0v) is 12.9. The summed E-state index contributed by atoms with van der Waals surface area (Å²) in [7, 11) is -3.96. The van der Waals surface area contributed by atoms with Crippen molar-refractivity contribution in [1.82, 2.24) is 9.55 Å². The summed E-state index contributed by atoms with van der Waals surface area (Å²) < 4.78 is 25.7. The number of imidazole rings is 1. The maximum absolute atomic E-state index is 12.0. The van der Waals surface area contributed by atoms with E-state index in [1.807, 2.05) is 60.7 Å². The van der Waals surface area contributed by atoms with Gasteiger partial charge in [-0.05, 0) is 23.6 Å². The van der Waals surface area contributed by atoms with Crippen molar-refractivity contribution in [3.63, 3.8) is 0 Å². The lowest BCUT2D eigenvalue weighted by Gasteiger charge is -2.11. The Balaban J connectivity index is 2.20. The third-order valence-corrected chi connectivity index (χ3v) is 4.57. The molecule has 0 radical (unpaired) electrons. The van der Waals surface area contributed by atoms with E-state index in [9.17, 15) is 8.42 Å². The van der Waals surface area contributed by atoms with Crippen LogP contribution in [0.15, 0.2) is 71.9 Å². The first-order valence-corrected chi connectivity index (χ1v) is 8.59. The van der Waals surface area contributed by atoms with E-state index in [-0.39, 0.29) is 5.16 Å². The van der Waals surface area contributed by atoms with Gasteiger partial charge >= 0.3 is 0 Å². The summed E-state index contributed by atoms with van der Waals surface area (Å²) in [4.78, 5) is 4.22. The van der Waals surface area contributed by atoms with Crippen molar-refractivity contribution >= 4 is 31.8 Å². The predicted molar refractivity (Wildman–Crippen MR) is 89.9 cm³/mol. The Morgan fingerprint density at radius 1 is 0.870 bits per heavy atom. The summed E-state index contributed by atoms with van der Waals surface area (Å²) in [6.45, 7) is 0. The minimum absolute atomic E-state index is 0.157. The van der Waals surface area contributed by atoms with E-state index in [1.54, 1.807) is 10.6 Å². The average Bonchev–Trinajstić information content (AvgIpc) is 2.94. The van der Waals surface area contributed by atoms with Gasteiger partial charge in [-0.2, -0.15) is 0 Å². The summed E-state index contributed by atoms with van der Waals surface area (Å²) in [5.74, 6) is 0. The molecule has 3 aromatic carbocycles. The van der Waals surface area contributed by atoms with Crippen molar-refractivity contribution in [2.75, 3.05) is 0 Å². The lowest BCUT2D eigenvalue weighted by molar-refractivity contribution is 0.587. The molecule has 23 heavy (non-hydrogen) atoms. The first kappa shape index (κ1) is 13.9. The fourth-order valence-electron chi connectivity index (χ4n) is 2.83. The van der Waals surface area contributed by atoms with Gasteiger partial charge in [-0.15, -0.1) is 0 Å². The van der Waals surface area contributed by atoms with Crippen LogP contribution in [-0.2, 0) is 10.0 Å². The van der Waals surface area contributed by atoms with Crippen molar-refractivity contribution in [3.8, 4) is 5.69 Å². The van der Waals surface area contributed by atoms with Crippen LogP contribution in [-0.4, -0.2) is 18.0 Å². The lowest BCUT2D eigenvalue weighted by atomic mass is 10.1. The van der Waals surface area contributed by atoms with E-state index >= 15 is 0 Å². The van der Waals surface area contributed by atoms with Gasteiger partial charge in [-0.25, -0.2) is 18.5 Å². The van der Waals surface area contributed by atoms with Crippen LogP contribution < -0.4 is 5.14 Å². The van der Waals surface area contributed by atoms with E-state index in [4.69, 9.17) is 5.14 Å². The molecule has 1 heterocycles. The van der Waals surface area contributed by atoms with Gasteiger partial charge in [-0.1, -0.05) is 48.5 Å². The van der Waals surface area contributed by atoms with Crippen molar-refractivity contribution in [2.24, 2.45) is 5.14 Å². The Labute approximate surface area is 133 Å². The molecule has 0 atom stereocenters. The second kappa shape index (κ2) is 4.91. The second-order valence-electron chi connectivity index (χ2n) is 5.26. The van der Waals surface area contributed by atoms with Crippen LogP contribution in [0.1, 0.15) is 0 Å². The number of aromatic nitrogens is 2. The molecule has 0 aliphatic heterocycles. The zero-order valence-electron chi connectivity index (χ0n) is 12.0. The zero-order chi connectivity index (χ0) is 16.0. The number of nitrogens with zero attached hydrogens (tertiary/aromatic N) is 2. The monoisotopic (exact) mass is 323 g/mol. The van der Waals surface area contributed by atoms with Gasteiger partial charge in [0.2, 0.25) is 5.16 Å². The van der Waals surface area contributed by atoms with Crippen LogP contribution in [0.3, 0.4) is 0 Å². The SMILES string of the molecule is NS(=O)(=O)c1nc2ccccc2n1-c1cccc2ccccc12. The van der Waals surface area contributed by atoms with Crippen LogP contribution >= 0.6 is 0 Å². The average molecular weight is 323 g/mol. The van der Waals surface area contributed by atoms with Crippen LogP contribution in [0.2, 0.25) is 0 Å². The summed E-state index contributed by atoms with van der Waals surface area (Å²) in [6.07, 6.45) is 0. The van der Waals surface area contributed by atoms with E-state index < -0.39 is 10.0 Å². The molecule has 0 saturated heterocycles. The third kappa shape index (κ3) is 2.19. The molecule has 0 fully saturated rings. The first-order chi connectivity index (χ1) is 11.1. The third-order valence-electron chi connectivity index (χ3n) is 3.79. The van der Waals surface area contributed by atoms with Crippen LogP contribution in [0, 0.1) is 0 Å². The van der Waals surface area contributed by atoms with Gasteiger partial charge in [0, 0.05) is 5.39 Å². The molecule has 5 nitrogen and oxygen atoms in total. The van der Waals surface area contributed by atoms with E-state index in [0.717, 1.165) is 16.5 Å². The Morgan fingerprint density at radius 2 is 1.57 bits per heavy atom. The van der Waals surface area contributed by atoms with Gasteiger partial charge in [-0.3, -0.25) is 4.57 Å². The van der Waals surface area contributed by atoms with Gasteiger partial charge in [0.1, 0.15) is 0 Å². The molecule has 0 aliphatic rings. The fraction of sp³-hybridized carbons (Fsp3) is 0. The topological polar surface area (TPSA) is 78.0 Å². The quantitative estimate of drug-likeness (QED) is 0.616. The highest BCUT2D eigenvalue weighted by atomic mass is 32.2. The number of para-hydroxylation sites is 2. The Kier molecular flexibility index (Phi) is 2.97. The van der Waals surface area contributed by atoms with Crippen molar-refractivity contribution in [2.45, 2.75) is 5.16 Å². The van der Waals surface area contributed by atoms with E-state index in [0.29, 0.717) is 11.0 Å². The minimum atomic E-state index is -3.96. The number of benzene rings is 3. The molecule has 4 rings (SSSR count). The van der Waals surface area contributed by atoms with E-state index in [1.165, 1.54) is 0 Å². The number of rotatable bonds is 2. The Hall–Kier alpha value is -2.70. The molecule has 0 amide bonds. The van der Waals surface area contributed by atoms with Gasteiger partial charge in [0.15, 0.2) is 0 Å². The van der Waals surface area contributed by atoms with Crippen molar-refractivity contribution < 1.29 is 8.42 Å². The first-order valence-electron chi connectivity index (χ1n) is 7.04. The summed E-state index contributed by atoms with van der Waals surface area (Å²) in [5, 5.41) is 7.18. The smallest absolute Gasteiger partial charge is 0.272 e. The maximum Gasteiger partial charge on any atom is 0.272 e. The Morgan fingerprint density at radius 3 is 2.39 bits per heavy atom. The molecular formula is C17H13N3O2S. The standard InChI is InChI=1S/C17H13N3O2S/c18-23(21,22)17-19-14-9-3-4-10-16(14)20(17)15-11-5-7-12-6-1-2-8-13(12)15/h1-11H,(H2,18,21,22). The molecule has 114 valence electrons. The van der Waals surface area contributed by atoms with Crippen LogP contribution in [0.4, 0.5) is 0 Å². The summed E-state index contributed by atoms with van der Waals surface area (Å²) >= 11 is 0. The number of primary sulfonamides is 1. The molecule has 0 aliphatic carbocycles. The number of hydrogen-bond donors (Lipinski definition) is 1. The normalized spacial score (nSPS) is 12.0. The number of hydrogen-bond acceptors (Lipinski definition) is 3. The largest absolute Gasteiger partial charge is 0.281 e. The van der Waals surface area contributed by atoms with Crippen LogP contribution in [0.25, 0.3) is 27.5 Å². The van der Waals surface area contributed by atoms with Gasteiger partial charge in [0.05, 0.1) is 16.7 Å². The molecular weight excluding hydrogens is 310 g/mol. The number of sulfonamides is 1. The van der Waals surface area contributed by atoms with Gasteiger partial charge < -0.3 is 0 Å². The molecule has 0 spiro atoms. The van der Waals surface area contributed by atoms with Crippen molar-refractivity contribution in [3.05, 3.63) is 66.7 Å². The lowest BCUT2D eigenvalue weighted by Crippen LogP contribution is -2.17. The van der Waals surface area contributed by atoms with E-state index in [2.05, 4.69) is 4.98 Å². The second-order valence-corrected chi connectivity index (χ2v) is 6.72. The highest BCUT2D eigenvalue weighted by Crippen LogP contribution is 2.28. The highest BCUT2D eigenvalue weighted by Gasteiger charge is 2.21. The Bertz CT molecular complexity index is 1140. The molecule has 2 N–H and O–H groups in total. The number of nitrogens with two attached hydrogens (primary N) is 1. The molecule has 6 heteroatoms. The molecule has 0 unspecified atom stereocenters. The molecule has 0 saturated carbocycles. The number of fused-ring (bicyclic) bond motifs is 2. The van der Waals surface area contributed by atoms with Crippen molar-refractivity contribution in [1.29, 1.82) is 0 Å². The summed E-state index contributed by atoms with van der Waals surface area (Å²) in [5.41, 5.74) is 2.03. The highest BCUT2D eigenvalue weighted by molar-refractivity contribution is 7.89. The minimum Gasteiger partial charge on any atom is -0.281 e. The van der Waals surface area contributed by atoms with Crippen LogP contribution in [0.5, 0.6) is 0 Å². The molecule has 1 aromatic heterocycles.